The lowest BCUT2D eigenvalue weighted by molar-refractivity contribution is -0.870. The molecular weight excluding hydrogens is 770 g/mol. The summed E-state index contributed by atoms with van der Waals surface area (Å²) in [5, 5.41) is 0. The number of phosphoric ester groups is 1. The molecule has 60 heavy (non-hydrogen) atoms. The predicted octanol–water partition coefficient (Wildman–Crippen LogP) is 13.8. The average Bonchev–Trinajstić information content (AvgIpc) is 3.20. The van der Waals surface area contributed by atoms with Crippen LogP contribution in [-0.4, -0.2) is 70.7 Å². The number of carbonyl (C=O) groups excluding carboxylic acids is 1. The van der Waals surface area contributed by atoms with Gasteiger partial charge in [-0.3, -0.25) is 9.36 Å². The third kappa shape index (κ3) is 46.7. The van der Waals surface area contributed by atoms with Gasteiger partial charge >= 0.3 is 5.97 Å². The van der Waals surface area contributed by atoms with Crippen molar-refractivity contribution in [2.75, 3.05) is 54.1 Å². The summed E-state index contributed by atoms with van der Waals surface area (Å²) in [6.07, 6.45) is 57.5. The van der Waals surface area contributed by atoms with Crippen molar-refractivity contribution in [3.8, 4) is 0 Å². The molecule has 0 aliphatic heterocycles. The summed E-state index contributed by atoms with van der Waals surface area (Å²) in [6, 6.07) is 0. The number of unbranched alkanes of at least 4 members (excludes halogenated alkanes) is 15. The van der Waals surface area contributed by atoms with Crippen molar-refractivity contribution in [3.05, 3.63) is 85.1 Å². The molecule has 346 valence electrons. The molecule has 0 saturated carbocycles. The maximum atomic E-state index is 12.7. The van der Waals surface area contributed by atoms with Gasteiger partial charge in [-0.25, -0.2) is 0 Å². The SMILES string of the molecule is CC/C=C\C/C=C\C/C=C\C/C=C\C/C=C\C/C=C\C/C=C\CCCC(=O)OC(COCCCCCCCCCCCCCCCCC)COP(=O)([O-])OCC[N+](C)(C)C. The Hall–Kier alpha value is -2.32. The normalized spacial score (nSPS) is 14.4. The second-order valence-electron chi connectivity index (χ2n) is 16.7. The van der Waals surface area contributed by atoms with Crippen molar-refractivity contribution in [2.45, 2.75) is 180 Å². The topological polar surface area (TPSA) is 94.1 Å². The van der Waals surface area contributed by atoms with Gasteiger partial charge in [0.2, 0.25) is 0 Å². The number of ether oxygens (including phenoxy) is 2. The number of hydrogen-bond acceptors (Lipinski definition) is 7. The highest BCUT2D eigenvalue weighted by Crippen LogP contribution is 2.38. The van der Waals surface area contributed by atoms with Crippen LogP contribution in [0.15, 0.2) is 85.1 Å². The van der Waals surface area contributed by atoms with Crippen molar-refractivity contribution in [2.24, 2.45) is 0 Å². The zero-order valence-electron chi connectivity index (χ0n) is 39.1. The molecule has 0 aromatic heterocycles. The fraction of sp³-hybridized carbons (Fsp3) is 0.706. The molecule has 0 aliphatic rings. The lowest BCUT2D eigenvalue weighted by Crippen LogP contribution is -2.37. The molecule has 0 radical (unpaired) electrons. The molecule has 0 aromatic rings. The van der Waals surface area contributed by atoms with Gasteiger partial charge < -0.3 is 27.9 Å². The highest BCUT2D eigenvalue weighted by molar-refractivity contribution is 7.45. The lowest BCUT2D eigenvalue weighted by atomic mass is 10.0. The number of esters is 1. The van der Waals surface area contributed by atoms with Gasteiger partial charge in [0.05, 0.1) is 34.4 Å². The Bertz CT molecular complexity index is 1230. The van der Waals surface area contributed by atoms with Crippen molar-refractivity contribution >= 4 is 13.8 Å². The van der Waals surface area contributed by atoms with Gasteiger partial charge in [-0.1, -0.05) is 189 Å². The lowest BCUT2D eigenvalue weighted by Gasteiger charge is -2.28. The van der Waals surface area contributed by atoms with Crippen molar-refractivity contribution < 1.29 is 37.3 Å². The standard InChI is InChI=1S/C51H90NO7P/c1-6-8-10-12-14-16-18-20-22-23-24-25-26-27-28-29-30-32-34-36-38-40-42-44-51(53)59-50(49-58-60(54,55)57-47-45-52(3,4)5)48-56-46-43-41-39-37-35-33-31-21-19-17-15-13-11-9-7-2/h8,10,14,16,20,22,24-25,27-28,30,32,36,38,50H,6-7,9,11-13,15,17-19,21,23,26,29,31,33-35,37,39-49H2,1-5H3/b10-8-,16-14-,22-20-,25-24-,28-27-,32-30-,38-36-. The van der Waals surface area contributed by atoms with Crippen LogP contribution in [-0.2, 0) is 27.9 Å². The zero-order chi connectivity index (χ0) is 44.1. The predicted molar refractivity (Wildman–Crippen MR) is 254 cm³/mol. The number of quaternary nitrogens is 1. The Morgan fingerprint density at radius 3 is 1.38 bits per heavy atom. The first-order valence-corrected chi connectivity index (χ1v) is 25.3. The van der Waals surface area contributed by atoms with E-state index in [0.717, 1.165) is 64.2 Å². The number of phosphoric acid groups is 1. The molecule has 9 heteroatoms. The number of allylic oxidation sites excluding steroid dienone is 14. The van der Waals surface area contributed by atoms with E-state index in [0.29, 0.717) is 24.1 Å². The van der Waals surface area contributed by atoms with Gasteiger partial charge in [0, 0.05) is 13.0 Å². The van der Waals surface area contributed by atoms with Crippen LogP contribution in [0.3, 0.4) is 0 Å². The fourth-order valence-electron chi connectivity index (χ4n) is 6.06. The minimum Gasteiger partial charge on any atom is -0.756 e. The summed E-state index contributed by atoms with van der Waals surface area (Å²) in [5.41, 5.74) is 0. The molecule has 0 saturated heterocycles. The number of hydrogen-bond donors (Lipinski definition) is 0. The maximum Gasteiger partial charge on any atom is 0.306 e. The van der Waals surface area contributed by atoms with Crippen LogP contribution in [0.25, 0.3) is 0 Å². The van der Waals surface area contributed by atoms with Crippen LogP contribution in [0.1, 0.15) is 174 Å². The molecule has 0 spiro atoms. The molecule has 0 heterocycles. The van der Waals surface area contributed by atoms with Crippen LogP contribution in [0.4, 0.5) is 0 Å². The molecule has 8 nitrogen and oxygen atoms in total. The molecule has 0 N–H and O–H groups in total. The number of rotatable bonds is 43. The molecule has 0 amide bonds. The van der Waals surface area contributed by atoms with Gasteiger partial charge in [0.15, 0.2) is 0 Å². The first-order chi connectivity index (χ1) is 29.1. The summed E-state index contributed by atoms with van der Waals surface area (Å²) in [7, 11) is 1.31. The van der Waals surface area contributed by atoms with E-state index in [2.05, 4.69) is 98.9 Å². The first-order valence-electron chi connectivity index (χ1n) is 23.8. The third-order valence-corrected chi connectivity index (χ3v) is 10.7. The van der Waals surface area contributed by atoms with E-state index in [1.54, 1.807) is 0 Å². The van der Waals surface area contributed by atoms with Gasteiger partial charge in [-0.2, -0.15) is 0 Å². The molecule has 0 aliphatic carbocycles. The second kappa shape index (κ2) is 43.3. The van der Waals surface area contributed by atoms with Crippen molar-refractivity contribution in [3.63, 3.8) is 0 Å². The molecule has 0 rings (SSSR count). The average molecular weight is 860 g/mol. The largest absolute Gasteiger partial charge is 0.756 e. The summed E-state index contributed by atoms with van der Waals surface area (Å²) >= 11 is 0. The molecule has 0 aromatic carbocycles. The minimum atomic E-state index is -4.55. The van der Waals surface area contributed by atoms with E-state index in [-0.39, 0.29) is 26.2 Å². The Labute approximate surface area is 369 Å². The fourth-order valence-corrected chi connectivity index (χ4v) is 6.79. The molecule has 0 bridgehead atoms. The number of nitrogens with zero attached hydrogens (tertiary/aromatic N) is 1. The Morgan fingerprint density at radius 2 is 0.950 bits per heavy atom. The highest BCUT2D eigenvalue weighted by atomic mass is 31.2. The Kier molecular flexibility index (Phi) is 41.7. The maximum absolute atomic E-state index is 12.7. The first kappa shape index (κ1) is 57.7. The highest BCUT2D eigenvalue weighted by Gasteiger charge is 2.20. The van der Waals surface area contributed by atoms with Gasteiger partial charge in [-0.15, -0.1) is 0 Å². The summed E-state index contributed by atoms with van der Waals surface area (Å²) < 4.78 is 34.6. The van der Waals surface area contributed by atoms with Crippen molar-refractivity contribution in [1.82, 2.24) is 0 Å². The van der Waals surface area contributed by atoms with Crippen LogP contribution < -0.4 is 4.89 Å². The Morgan fingerprint density at radius 1 is 0.533 bits per heavy atom. The van der Waals surface area contributed by atoms with E-state index in [4.69, 9.17) is 18.5 Å². The Balaban J connectivity index is 4.32. The van der Waals surface area contributed by atoms with Gasteiger partial charge in [-0.05, 0) is 64.2 Å². The monoisotopic (exact) mass is 860 g/mol. The number of carbonyl (C=O) groups is 1. The minimum absolute atomic E-state index is 0.0119. The summed E-state index contributed by atoms with van der Waals surface area (Å²) in [4.78, 5) is 25.1. The van der Waals surface area contributed by atoms with E-state index in [9.17, 15) is 14.3 Å². The summed E-state index contributed by atoms with van der Waals surface area (Å²) in [6.45, 7) is 5.22. The molecule has 2 atom stereocenters. The molecular formula is C51H90NO7P. The zero-order valence-corrected chi connectivity index (χ0v) is 40.0. The van der Waals surface area contributed by atoms with E-state index in [1.807, 2.05) is 21.1 Å². The van der Waals surface area contributed by atoms with Gasteiger partial charge in [0.1, 0.15) is 19.3 Å². The smallest absolute Gasteiger partial charge is 0.306 e. The summed E-state index contributed by atoms with van der Waals surface area (Å²) in [5.74, 6) is -0.392. The number of likely N-dealkylation sites (N-methyl/N-ethyl adjacent to an activating group) is 1. The molecule has 0 fully saturated rings. The van der Waals surface area contributed by atoms with Crippen molar-refractivity contribution in [1.29, 1.82) is 0 Å². The van der Waals surface area contributed by atoms with E-state index in [1.165, 1.54) is 83.5 Å². The third-order valence-electron chi connectivity index (χ3n) is 9.71. The van der Waals surface area contributed by atoms with Crippen LogP contribution in [0.2, 0.25) is 0 Å². The molecule has 2 unspecified atom stereocenters. The van der Waals surface area contributed by atoms with E-state index >= 15 is 0 Å². The quantitative estimate of drug-likeness (QED) is 0.0198. The van der Waals surface area contributed by atoms with Crippen LogP contribution in [0, 0.1) is 0 Å². The van der Waals surface area contributed by atoms with Crippen LogP contribution >= 0.6 is 7.82 Å². The van der Waals surface area contributed by atoms with Gasteiger partial charge in [0.25, 0.3) is 7.82 Å². The van der Waals surface area contributed by atoms with Crippen LogP contribution in [0.5, 0.6) is 0 Å². The second-order valence-corrected chi connectivity index (χ2v) is 18.2. The van der Waals surface area contributed by atoms with E-state index < -0.39 is 19.9 Å².